The van der Waals surface area contributed by atoms with E-state index in [0.717, 1.165) is 28.1 Å². The number of amides is 2. The summed E-state index contributed by atoms with van der Waals surface area (Å²) in [6.45, 7) is 11.9. The summed E-state index contributed by atoms with van der Waals surface area (Å²) < 4.78 is 19.6. The van der Waals surface area contributed by atoms with Gasteiger partial charge >= 0.3 is 6.09 Å². The number of aromatic nitrogens is 3. The lowest BCUT2D eigenvalue weighted by atomic mass is 9.63. The molecule has 2 saturated heterocycles. The Morgan fingerprint density at radius 2 is 1.88 bits per heavy atom. The highest BCUT2D eigenvalue weighted by molar-refractivity contribution is 6.08. The monoisotopic (exact) mass is 677 g/mol. The highest BCUT2D eigenvalue weighted by Gasteiger charge is 2.66. The fourth-order valence-electron chi connectivity index (χ4n) is 8.29. The molecule has 0 saturated carbocycles. The van der Waals surface area contributed by atoms with E-state index in [1.165, 1.54) is 0 Å². The van der Waals surface area contributed by atoms with Crippen LogP contribution in [0.5, 0.6) is 5.75 Å². The molecule has 0 bridgehead atoms. The summed E-state index contributed by atoms with van der Waals surface area (Å²) in [7, 11) is 1.65. The molecule has 3 aliphatic heterocycles. The number of nitrogens with zero attached hydrogens (tertiary/aromatic N) is 5. The van der Waals surface area contributed by atoms with Crippen LogP contribution in [0.4, 0.5) is 16.2 Å². The van der Waals surface area contributed by atoms with Gasteiger partial charge in [0.2, 0.25) is 0 Å². The number of hydrogen-bond acceptors (Lipinski definition) is 8. The molecular formula is C39H43N5O6. The summed E-state index contributed by atoms with van der Waals surface area (Å²) in [5, 5.41) is 19.6. The van der Waals surface area contributed by atoms with Crippen molar-refractivity contribution >= 4 is 23.4 Å². The van der Waals surface area contributed by atoms with Crippen molar-refractivity contribution in [2.75, 3.05) is 36.6 Å². The molecule has 4 heterocycles. The molecule has 2 amide bonds. The Morgan fingerprint density at radius 1 is 1.12 bits per heavy atom. The number of carbonyl (C=O) groups is 2. The van der Waals surface area contributed by atoms with Gasteiger partial charge in [-0.3, -0.25) is 14.4 Å². The molecule has 1 spiro atoms. The average molecular weight is 678 g/mol. The van der Waals surface area contributed by atoms with Crippen LogP contribution in [0.25, 0.3) is 0 Å². The molecule has 1 aromatic heterocycles. The number of carbonyl (C=O) groups excluding carboxylic acids is 2. The zero-order valence-corrected chi connectivity index (χ0v) is 28.9. The summed E-state index contributed by atoms with van der Waals surface area (Å²) >= 11 is 0. The second-order valence-electron chi connectivity index (χ2n) is 13.8. The lowest BCUT2D eigenvalue weighted by Crippen LogP contribution is -2.46. The van der Waals surface area contributed by atoms with Gasteiger partial charge in [0.05, 0.1) is 31.6 Å². The first kappa shape index (κ1) is 33.5. The molecule has 3 aliphatic rings. The minimum Gasteiger partial charge on any atom is -0.497 e. The second-order valence-corrected chi connectivity index (χ2v) is 13.8. The molecule has 0 radical (unpaired) electrons. The summed E-state index contributed by atoms with van der Waals surface area (Å²) in [5.41, 5.74) is 2.68. The maximum Gasteiger partial charge on any atom is 0.414 e. The van der Waals surface area contributed by atoms with Crippen molar-refractivity contribution in [2.24, 2.45) is 11.8 Å². The van der Waals surface area contributed by atoms with Crippen LogP contribution in [-0.2, 0) is 31.8 Å². The van der Waals surface area contributed by atoms with Crippen LogP contribution in [0, 0.1) is 11.8 Å². The van der Waals surface area contributed by atoms with Gasteiger partial charge in [-0.05, 0) is 53.3 Å². The topological polar surface area (TPSA) is 119 Å². The fraction of sp³-hybridized carbons (Fsp3) is 0.385. The normalized spacial score (nSPS) is 23.7. The van der Waals surface area contributed by atoms with E-state index < -0.39 is 23.2 Å². The predicted octanol–water partition coefficient (Wildman–Crippen LogP) is 5.77. The van der Waals surface area contributed by atoms with Crippen molar-refractivity contribution in [3.63, 3.8) is 0 Å². The van der Waals surface area contributed by atoms with Crippen molar-refractivity contribution < 1.29 is 28.9 Å². The van der Waals surface area contributed by atoms with Gasteiger partial charge in [-0.15, -0.1) is 11.7 Å². The summed E-state index contributed by atoms with van der Waals surface area (Å²) in [5.74, 6) is 0.210. The van der Waals surface area contributed by atoms with Gasteiger partial charge < -0.3 is 24.2 Å². The molecule has 1 N–H and O–H groups in total. The summed E-state index contributed by atoms with van der Waals surface area (Å²) in [6, 6.07) is 23.1. The number of anilines is 2. The third-order valence-corrected chi connectivity index (χ3v) is 10.8. The molecule has 50 heavy (non-hydrogen) atoms. The molecule has 5 atom stereocenters. The van der Waals surface area contributed by atoms with Gasteiger partial charge in [-0.1, -0.05) is 74.5 Å². The van der Waals surface area contributed by atoms with Crippen molar-refractivity contribution in [1.82, 2.24) is 15.0 Å². The van der Waals surface area contributed by atoms with Crippen LogP contribution >= 0.6 is 0 Å². The van der Waals surface area contributed by atoms with Gasteiger partial charge in [0.1, 0.15) is 24.2 Å². The third-order valence-electron chi connectivity index (χ3n) is 10.8. The molecule has 11 heteroatoms. The molecular weight excluding hydrogens is 634 g/mol. The van der Waals surface area contributed by atoms with Crippen molar-refractivity contribution in [1.29, 1.82) is 0 Å². The number of hydrogen-bond donors (Lipinski definition) is 1. The van der Waals surface area contributed by atoms with Gasteiger partial charge in [-0.25, -0.2) is 4.79 Å². The van der Waals surface area contributed by atoms with Crippen LogP contribution in [0.2, 0.25) is 0 Å². The lowest BCUT2D eigenvalue weighted by molar-refractivity contribution is -0.146. The summed E-state index contributed by atoms with van der Waals surface area (Å²) in [6.07, 6.45) is 2.32. The number of aliphatic hydroxyl groups is 1. The summed E-state index contributed by atoms with van der Waals surface area (Å²) in [4.78, 5) is 30.7. The number of methoxy groups -OCH3 is 1. The molecule has 4 aromatic rings. The number of fused-ring (bicyclic) bond motifs is 2. The van der Waals surface area contributed by atoms with Crippen LogP contribution < -0.4 is 14.5 Å². The fourth-order valence-corrected chi connectivity index (χ4v) is 8.29. The van der Waals surface area contributed by atoms with Gasteiger partial charge in [0.25, 0.3) is 5.91 Å². The van der Waals surface area contributed by atoms with E-state index >= 15 is 0 Å². The Kier molecular flexibility index (Phi) is 8.73. The Bertz CT molecular complexity index is 1890. The highest BCUT2D eigenvalue weighted by atomic mass is 16.6. The second kappa shape index (κ2) is 13.0. The standard InChI is InChI=1S/C39H43N5O6/c1-6-19-44-32-17-14-28(43-21-22-49-37(43)47)23-30(32)39(36(44)46)25(2)34(38(3,4)27-12-15-29(48-5)16-13-27)33(50-39)18-20-42-24-31(40-41-42)35(45)26-10-8-7-9-11-26/h6-17,23-25,33-35,45H,1,18-22H2,2-5H3/t25-,33+,34-,35-,39+/m1/s1. The number of ether oxygens (including phenoxy) is 3. The SMILES string of the molecule is C=CCN1C(=O)[C@@]2(O[C@@H](CCn3cc([C@H](O)c4ccccc4)nn3)[C@H](C(C)(C)c3ccc(OC)cc3)[C@H]2C)c2cc(N3CCOC3=O)ccc21. The van der Waals surface area contributed by atoms with Crippen LogP contribution in [-0.4, -0.2) is 65.0 Å². The number of rotatable bonds is 11. The van der Waals surface area contributed by atoms with E-state index in [4.69, 9.17) is 14.2 Å². The van der Waals surface area contributed by atoms with Crippen LogP contribution in [0.15, 0.2) is 91.6 Å². The van der Waals surface area contributed by atoms with Crippen molar-refractivity contribution in [3.8, 4) is 5.75 Å². The van der Waals surface area contributed by atoms with Gasteiger partial charge in [-0.2, -0.15) is 0 Å². The van der Waals surface area contributed by atoms with Crippen molar-refractivity contribution in [3.05, 3.63) is 114 Å². The quantitative estimate of drug-likeness (QED) is 0.199. The van der Waals surface area contributed by atoms with Crippen LogP contribution in [0.3, 0.4) is 0 Å². The van der Waals surface area contributed by atoms with E-state index in [0.29, 0.717) is 44.0 Å². The van der Waals surface area contributed by atoms with E-state index in [1.807, 2.05) is 60.7 Å². The molecule has 260 valence electrons. The number of aryl methyl sites for hydroxylation is 1. The zero-order chi connectivity index (χ0) is 35.2. The highest BCUT2D eigenvalue weighted by Crippen LogP contribution is 2.60. The maximum atomic E-state index is 14.8. The average Bonchev–Trinajstić information content (AvgIpc) is 3.90. The first-order valence-corrected chi connectivity index (χ1v) is 17.1. The first-order valence-electron chi connectivity index (χ1n) is 17.1. The van der Waals surface area contributed by atoms with E-state index in [2.05, 4.69) is 49.8 Å². The maximum absolute atomic E-state index is 14.8. The zero-order valence-electron chi connectivity index (χ0n) is 28.9. The van der Waals surface area contributed by atoms with E-state index in [-0.39, 0.29) is 23.8 Å². The first-order chi connectivity index (χ1) is 24.1. The number of cyclic esters (lactones) is 1. The largest absolute Gasteiger partial charge is 0.497 e. The van der Waals surface area contributed by atoms with E-state index in [1.54, 1.807) is 33.9 Å². The minimum atomic E-state index is -1.31. The smallest absolute Gasteiger partial charge is 0.414 e. The number of aliphatic hydroxyl groups excluding tert-OH is 1. The van der Waals surface area contributed by atoms with E-state index in [9.17, 15) is 14.7 Å². The van der Waals surface area contributed by atoms with Crippen molar-refractivity contribution in [2.45, 2.75) is 57.0 Å². The molecule has 0 unspecified atom stereocenters. The Balaban J connectivity index is 1.27. The van der Waals surface area contributed by atoms with Crippen LogP contribution in [0.1, 0.15) is 55.7 Å². The predicted molar refractivity (Wildman–Crippen MR) is 188 cm³/mol. The van der Waals surface area contributed by atoms with Gasteiger partial charge in [0, 0.05) is 36.2 Å². The molecule has 3 aromatic carbocycles. The minimum absolute atomic E-state index is 0.130. The number of benzene rings is 3. The third kappa shape index (κ3) is 5.45. The van der Waals surface area contributed by atoms with Gasteiger partial charge in [0.15, 0.2) is 5.60 Å². The Morgan fingerprint density at radius 3 is 2.56 bits per heavy atom. The lowest BCUT2D eigenvalue weighted by Gasteiger charge is -2.38. The molecule has 11 nitrogen and oxygen atoms in total. The Hall–Kier alpha value is -5.00. The molecule has 0 aliphatic carbocycles. The molecule has 7 rings (SSSR count). The Labute approximate surface area is 292 Å². The molecule has 2 fully saturated rings.